The van der Waals surface area contributed by atoms with Crippen molar-refractivity contribution >= 4 is 23.2 Å². The average molecular weight is 328 g/mol. The van der Waals surface area contributed by atoms with Crippen molar-refractivity contribution in [2.75, 3.05) is 14.2 Å². The fourth-order valence-corrected chi connectivity index (χ4v) is 2.95. The molecule has 6 heteroatoms. The van der Waals surface area contributed by atoms with E-state index >= 15 is 0 Å². The number of ether oxygens (including phenoxy) is 1. The molecule has 1 aromatic heterocycles. The summed E-state index contributed by atoms with van der Waals surface area (Å²) in [5.41, 5.74) is 1.92. The minimum atomic E-state index is -0.110. The van der Waals surface area contributed by atoms with Crippen molar-refractivity contribution < 1.29 is 4.74 Å². The Morgan fingerprint density at radius 2 is 1.81 bits per heavy atom. The number of nitrogens with one attached hydrogen (secondary N) is 1. The van der Waals surface area contributed by atoms with Crippen LogP contribution in [0.1, 0.15) is 37.2 Å². The predicted octanol–water partition coefficient (Wildman–Crippen LogP) is 4.09. The van der Waals surface area contributed by atoms with Crippen molar-refractivity contribution in [3.8, 4) is 5.75 Å². The molecule has 0 saturated carbocycles. The van der Waals surface area contributed by atoms with E-state index in [0.29, 0.717) is 10.0 Å². The Bertz CT molecular complexity index is 605. The van der Waals surface area contributed by atoms with Gasteiger partial charge in [0.05, 0.1) is 19.3 Å². The molecule has 2 rings (SSSR count). The molecule has 1 heterocycles. The molecular weight excluding hydrogens is 309 g/mol. The third kappa shape index (κ3) is 3.34. The Morgan fingerprint density at radius 3 is 2.29 bits per heavy atom. The van der Waals surface area contributed by atoms with Crippen LogP contribution in [-0.4, -0.2) is 23.9 Å². The van der Waals surface area contributed by atoms with Crippen molar-refractivity contribution in [2.45, 2.75) is 25.9 Å². The lowest BCUT2D eigenvalue weighted by molar-refractivity contribution is 0.396. The normalized spacial score (nSPS) is 12.7. The van der Waals surface area contributed by atoms with E-state index in [-0.39, 0.29) is 12.1 Å². The first-order valence-electron chi connectivity index (χ1n) is 6.72. The van der Waals surface area contributed by atoms with Crippen LogP contribution in [0.4, 0.5) is 0 Å². The first kappa shape index (κ1) is 16.1. The minimum Gasteiger partial charge on any atom is -0.493 e. The summed E-state index contributed by atoms with van der Waals surface area (Å²) in [5, 5.41) is 8.91. The summed E-state index contributed by atoms with van der Waals surface area (Å²) in [7, 11) is 3.53. The standard InChI is InChI=1S/C15H19Cl2N3O/c1-9(2)20-15(13(21-4)8-19-20)14(18-3)10-5-11(16)7-12(17)6-10/h5-9,14,18H,1-4H3. The van der Waals surface area contributed by atoms with Crippen molar-refractivity contribution in [2.24, 2.45) is 0 Å². The van der Waals surface area contributed by atoms with Crippen LogP contribution in [0.5, 0.6) is 5.75 Å². The van der Waals surface area contributed by atoms with E-state index in [1.54, 1.807) is 19.4 Å². The highest BCUT2D eigenvalue weighted by atomic mass is 35.5. The number of aromatic nitrogens is 2. The molecule has 0 saturated heterocycles. The molecule has 1 unspecified atom stereocenters. The molecule has 0 aliphatic carbocycles. The van der Waals surface area contributed by atoms with Gasteiger partial charge in [0.1, 0.15) is 5.69 Å². The SMILES string of the molecule is CNC(c1cc(Cl)cc(Cl)c1)c1c(OC)cnn1C(C)C. The summed E-state index contributed by atoms with van der Waals surface area (Å²) in [4.78, 5) is 0. The van der Waals surface area contributed by atoms with Gasteiger partial charge in [0.2, 0.25) is 0 Å². The van der Waals surface area contributed by atoms with Crippen LogP contribution in [0, 0.1) is 0 Å². The molecule has 4 nitrogen and oxygen atoms in total. The molecule has 0 aliphatic rings. The molecule has 0 aliphatic heterocycles. The molecule has 2 aromatic rings. The number of rotatable bonds is 5. The van der Waals surface area contributed by atoms with Gasteiger partial charge < -0.3 is 10.1 Å². The zero-order chi connectivity index (χ0) is 15.6. The van der Waals surface area contributed by atoms with E-state index in [4.69, 9.17) is 27.9 Å². The van der Waals surface area contributed by atoms with Gasteiger partial charge in [-0.3, -0.25) is 4.68 Å². The lowest BCUT2D eigenvalue weighted by Gasteiger charge is -2.22. The molecular formula is C15H19Cl2N3O. The van der Waals surface area contributed by atoms with Crippen LogP contribution in [-0.2, 0) is 0 Å². The van der Waals surface area contributed by atoms with Gasteiger partial charge in [-0.15, -0.1) is 0 Å². The zero-order valence-electron chi connectivity index (χ0n) is 12.5. The maximum absolute atomic E-state index is 6.12. The lowest BCUT2D eigenvalue weighted by Crippen LogP contribution is -2.23. The molecule has 21 heavy (non-hydrogen) atoms. The van der Waals surface area contributed by atoms with Crippen LogP contribution < -0.4 is 10.1 Å². The van der Waals surface area contributed by atoms with Gasteiger partial charge in [0.15, 0.2) is 5.75 Å². The van der Waals surface area contributed by atoms with E-state index in [1.807, 2.05) is 23.9 Å². The number of benzene rings is 1. The number of methoxy groups -OCH3 is 1. The monoisotopic (exact) mass is 327 g/mol. The lowest BCUT2D eigenvalue weighted by atomic mass is 10.0. The highest BCUT2D eigenvalue weighted by Crippen LogP contribution is 2.33. The topological polar surface area (TPSA) is 39.1 Å². The van der Waals surface area contributed by atoms with Crippen LogP contribution in [0.3, 0.4) is 0 Å². The van der Waals surface area contributed by atoms with Gasteiger partial charge in [-0.1, -0.05) is 23.2 Å². The van der Waals surface area contributed by atoms with Crippen LogP contribution >= 0.6 is 23.2 Å². The Hall–Kier alpha value is -1.23. The summed E-state index contributed by atoms with van der Waals surface area (Å²) in [5.74, 6) is 0.735. The Morgan fingerprint density at radius 1 is 1.19 bits per heavy atom. The Kier molecular flexibility index (Phi) is 5.14. The first-order chi connectivity index (χ1) is 9.97. The van der Waals surface area contributed by atoms with Crippen LogP contribution in [0.15, 0.2) is 24.4 Å². The fraction of sp³-hybridized carbons (Fsp3) is 0.400. The number of halogens is 2. The van der Waals surface area contributed by atoms with Crippen LogP contribution in [0.25, 0.3) is 0 Å². The summed E-state index contributed by atoms with van der Waals surface area (Å²) in [6, 6.07) is 5.61. The number of nitrogens with zero attached hydrogens (tertiary/aromatic N) is 2. The van der Waals surface area contributed by atoms with Crippen molar-refractivity contribution in [1.82, 2.24) is 15.1 Å². The molecule has 0 bridgehead atoms. The summed E-state index contributed by atoms with van der Waals surface area (Å²) in [6.07, 6.45) is 1.73. The molecule has 0 spiro atoms. The summed E-state index contributed by atoms with van der Waals surface area (Å²) in [6.45, 7) is 4.15. The number of hydrogen-bond donors (Lipinski definition) is 1. The van der Waals surface area contributed by atoms with Crippen molar-refractivity contribution in [1.29, 1.82) is 0 Å². The van der Waals surface area contributed by atoms with E-state index < -0.39 is 0 Å². The highest BCUT2D eigenvalue weighted by molar-refractivity contribution is 6.34. The molecule has 1 atom stereocenters. The van der Waals surface area contributed by atoms with Gasteiger partial charge >= 0.3 is 0 Å². The van der Waals surface area contributed by atoms with E-state index in [0.717, 1.165) is 17.0 Å². The van der Waals surface area contributed by atoms with E-state index in [9.17, 15) is 0 Å². The second-order valence-electron chi connectivity index (χ2n) is 5.06. The van der Waals surface area contributed by atoms with Gasteiger partial charge in [-0.2, -0.15) is 5.10 Å². The molecule has 1 aromatic carbocycles. The van der Waals surface area contributed by atoms with Crippen molar-refractivity contribution in [3.63, 3.8) is 0 Å². The van der Waals surface area contributed by atoms with E-state index in [1.165, 1.54) is 0 Å². The quantitative estimate of drug-likeness (QED) is 0.898. The maximum Gasteiger partial charge on any atom is 0.161 e. The summed E-state index contributed by atoms with van der Waals surface area (Å²) >= 11 is 12.2. The molecule has 0 radical (unpaired) electrons. The van der Waals surface area contributed by atoms with Gasteiger partial charge in [0, 0.05) is 16.1 Å². The third-order valence-electron chi connectivity index (χ3n) is 3.29. The fourth-order valence-electron chi connectivity index (χ4n) is 2.40. The smallest absolute Gasteiger partial charge is 0.161 e. The van der Waals surface area contributed by atoms with Gasteiger partial charge in [0.25, 0.3) is 0 Å². The second-order valence-corrected chi connectivity index (χ2v) is 5.93. The van der Waals surface area contributed by atoms with Crippen molar-refractivity contribution in [3.05, 3.63) is 45.7 Å². The second kappa shape index (κ2) is 6.69. The predicted molar refractivity (Wildman–Crippen MR) is 86.5 cm³/mol. The highest BCUT2D eigenvalue weighted by Gasteiger charge is 2.24. The Balaban J connectivity index is 2.57. The minimum absolute atomic E-state index is 0.110. The molecule has 0 fully saturated rings. The first-order valence-corrected chi connectivity index (χ1v) is 7.48. The Labute approximate surface area is 135 Å². The molecule has 114 valence electrons. The van der Waals surface area contributed by atoms with Gasteiger partial charge in [-0.05, 0) is 44.7 Å². The molecule has 1 N–H and O–H groups in total. The average Bonchev–Trinajstić information content (AvgIpc) is 2.82. The summed E-state index contributed by atoms with van der Waals surface area (Å²) < 4.78 is 7.39. The number of hydrogen-bond acceptors (Lipinski definition) is 3. The third-order valence-corrected chi connectivity index (χ3v) is 3.72. The maximum atomic E-state index is 6.12. The van der Waals surface area contributed by atoms with Gasteiger partial charge in [-0.25, -0.2) is 0 Å². The molecule has 0 amide bonds. The largest absolute Gasteiger partial charge is 0.493 e. The van der Waals surface area contributed by atoms with Crippen LogP contribution in [0.2, 0.25) is 10.0 Å². The van der Waals surface area contributed by atoms with E-state index in [2.05, 4.69) is 24.3 Å². The zero-order valence-corrected chi connectivity index (χ0v) is 14.0.